The number of rotatable bonds is 9. The Hall–Kier alpha value is -1.51. The summed E-state index contributed by atoms with van der Waals surface area (Å²) in [7, 11) is 0. The Bertz CT molecular complexity index is 395. The number of hydrogen-bond donors (Lipinski definition) is 1. The Balaban J connectivity index is 2.17. The molecule has 112 valence electrons. The fraction of sp³-hybridized carbons (Fsp3) is 0.588. The van der Waals surface area contributed by atoms with Crippen LogP contribution in [-0.2, 0) is 4.74 Å². The van der Waals surface area contributed by atoms with E-state index in [0.717, 1.165) is 18.4 Å². The molecule has 0 aliphatic carbocycles. The van der Waals surface area contributed by atoms with E-state index < -0.39 is 0 Å². The van der Waals surface area contributed by atoms with Crippen LogP contribution in [0.3, 0.4) is 0 Å². The topological polar surface area (TPSA) is 52.3 Å². The third-order valence-corrected chi connectivity index (χ3v) is 3.32. The van der Waals surface area contributed by atoms with Crippen molar-refractivity contribution in [3.63, 3.8) is 0 Å². The Morgan fingerprint density at radius 3 is 2.35 bits per heavy atom. The Kier molecular flexibility index (Phi) is 7.78. The highest BCUT2D eigenvalue weighted by Gasteiger charge is 2.08. The quantitative estimate of drug-likeness (QED) is 0.411. The lowest BCUT2D eigenvalue weighted by atomic mass is 10.1. The molecular weight excluding hydrogens is 250 g/mol. The Morgan fingerprint density at radius 1 is 1.05 bits per heavy atom. The fourth-order valence-electron chi connectivity index (χ4n) is 2.24. The molecule has 0 aliphatic heterocycles. The number of unbranched alkanes of at least 4 members (excludes halogenated alkanes) is 6. The summed E-state index contributed by atoms with van der Waals surface area (Å²) in [6, 6.07) is 5.32. The van der Waals surface area contributed by atoms with Crippen LogP contribution in [0.2, 0.25) is 0 Å². The van der Waals surface area contributed by atoms with Crippen LogP contribution in [0.4, 0.5) is 5.69 Å². The third kappa shape index (κ3) is 6.60. The van der Waals surface area contributed by atoms with Crippen molar-refractivity contribution in [2.75, 3.05) is 12.3 Å². The highest BCUT2D eigenvalue weighted by molar-refractivity contribution is 5.90. The van der Waals surface area contributed by atoms with Crippen molar-refractivity contribution in [2.45, 2.75) is 58.8 Å². The van der Waals surface area contributed by atoms with Gasteiger partial charge in [-0.1, -0.05) is 45.4 Å². The van der Waals surface area contributed by atoms with Crippen molar-refractivity contribution in [1.82, 2.24) is 0 Å². The number of anilines is 1. The largest absolute Gasteiger partial charge is 0.462 e. The molecule has 0 saturated carbocycles. The van der Waals surface area contributed by atoms with Gasteiger partial charge in [-0.15, -0.1) is 0 Å². The molecule has 0 aliphatic rings. The minimum atomic E-state index is -0.272. The number of hydrogen-bond acceptors (Lipinski definition) is 3. The van der Waals surface area contributed by atoms with Crippen LogP contribution < -0.4 is 5.73 Å². The molecule has 1 rings (SSSR count). The monoisotopic (exact) mass is 277 g/mol. The fourth-order valence-corrected chi connectivity index (χ4v) is 2.24. The van der Waals surface area contributed by atoms with Gasteiger partial charge in [-0.25, -0.2) is 4.79 Å². The molecule has 3 nitrogen and oxygen atoms in total. The molecule has 3 heteroatoms. The van der Waals surface area contributed by atoms with E-state index in [1.54, 1.807) is 6.07 Å². The first kappa shape index (κ1) is 16.5. The molecule has 0 amide bonds. The lowest BCUT2D eigenvalue weighted by Gasteiger charge is -2.06. The van der Waals surface area contributed by atoms with Crippen LogP contribution in [0.5, 0.6) is 0 Å². The Morgan fingerprint density at radius 2 is 1.70 bits per heavy atom. The molecule has 2 N–H and O–H groups in total. The minimum absolute atomic E-state index is 0.272. The van der Waals surface area contributed by atoms with E-state index in [9.17, 15) is 4.79 Å². The van der Waals surface area contributed by atoms with Gasteiger partial charge in [-0.2, -0.15) is 0 Å². The average molecular weight is 277 g/mol. The van der Waals surface area contributed by atoms with Crippen LogP contribution in [0.1, 0.15) is 67.8 Å². The molecule has 1 aromatic rings. The van der Waals surface area contributed by atoms with E-state index in [1.807, 2.05) is 19.1 Å². The number of nitrogen functional groups attached to an aromatic ring is 1. The molecule has 0 aromatic heterocycles. The molecule has 0 spiro atoms. The normalized spacial score (nSPS) is 10.5. The summed E-state index contributed by atoms with van der Waals surface area (Å²) in [5.41, 5.74) is 7.85. The van der Waals surface area contributed by atoms with Gasteiger partial charge in [-0.05, 0) is 37.1 Å². The number of aryl methyl sites for hydroxylation is 1. The maximum atomic E-state index is 11.8. The maximum absolute atomic E-state index is 11.8. The highest BCUT2D eigenvalue weighted by atomic mass is 16.5. The van der Waals surface area contributed by atoms with Crippen molar-refractivity contribution >= 4 is 11.7 Å². The first-order valence-electron chi connectivity index (χ1n) is 7.67. The molecule has 0 bridgehead atoms. The van der Waals surface area contributed by atoms with Gasteiger partial charge in [0.1, 0.15) is 0 Å². The first-order chi connectivity index (χ1) is 9.63. The van der Waals surface area contributed by atoms with E-state index in [4.69, 9.17) is 10.5 Å². The summed E-state index contributed by atoms with van der Waals surface area (Å²) in [4.78, 5) is 11.8. The number of esters is 1. The van der Waals surface area contributed by atoms with Crippen LogP contribution in [0, 0.1) is 6.92 Å². The number of carbonyl (C=O) groups is 1. The number of nitrogens with two attached hydrogens (primary N) is 1. The van der Waals surface area contributed by atoms with Gasteiger partial charge in [0.05, 0.1) is 12.2 Å². The van der Waals surface area contributed by atoms with Crippen molar-refractivity contribution in [3.05, 3.63) is 29.3 Å². The zero-order valence-corrected chi connectivity index (χ0v) is 12.8. The number of benzene rings is 1. The molecule has 0 unspecified atom stereocenters. The average Bonchev–Trinajstić information content (AvgIpc) is 2.40. The molecule has 20 heavy (non-hydrogen) atoms. The minimum Gasteiger partial charge on any atom is -0.462 e. The standard InChI is InChI=1S/C17H27NO2/c1-3-4-5-6-7-8-9-10-20-17(19)15-11-14(2)12-16(18)13-15/h11-13H,3-10,18H2,1-2H3. The van der Waals surface area contributed by atoms with Crippen molar-refractivity contribution in [1.29, 1.82) is 0 Å². The summed E-state index contributed by atoms with van der Waals surface area (Å²) in [6.45, 7) is 4.64. The Labute approximate surface area is 122 Å². The van der Waals surface area contributed by atoms with Crippen molar-refractivity contribution in [2.24, 2.45) is 0 Å². The van der Waals surface area contributed by atoms with Crippen LogP contribution >= 0.6 is 0 Å². The van der Waals surface area contributed by atoms with Gasteiger partial charge in [-0.3, -0.25) is 0 Å². The lowest BCUT2D eigenvalue weighted by Crippen LogP contribution is -2.07. The third-order valence-electron chi connectivity index (χ3n) is 3.32. The lowest BCUT2D eigenvalue weighted by molar-refractivity contribution is 0.0497. The van der Waals surface area contributed by atoms with E-state index in [0.29, 0.717) is 17.9 Å². The van der Waals surface area contributed by atoms with Gasteiger partial charge >= 0.3 is 5.97 Å². The van der Waals surface area contributed by atoms with Crippen LogP contribution in [-0.4, -0.2) is 12.6 Å². The van der Waals surface area contributed by atoms with E-state index in [1.165, 1.54) is 32.1 Å². The molecule has 0 fully saturated rings. The molecule has 0 atom stereocenters. The van der Waals surface area contributed by atoms with Crippen LogP contribution in [0.15, 0.2) is 18.2 Å². The van der Waals surface area contributed by atoms with Gasteiger partial charge < -0.3 is 10.5 Å². The van der Waals surface area contributed by atoms with Gasteiger partial charge in [0, 0.05) is 5.69 Å². The second kappa shape index (κ2) is 9.40. The summed E-state index contributed by atoms with van der Waals surface area (Å²) in [6.07, 6.45) is 8.51. The summed E-state index contributed by atoms with van der Waals surface area (Å²) in [5.74, 6) is -0.272. The van der Waals surface area contributed by atoms with E-state index in [2.05, 4.69) is 6.92 Å². The molecule has 1 aromatic carbocycles. The van der Waals surface area contributed by atoms with Crippen molar-refractivity contribution < 1.29 is 9.53 Å². The SMILES string of the molecule is CCCCCCCCCOC(=O)c1cc(C)cc(N)c1. The van der Waals surface area contributed by atoms with Gasteiger partial charge in [0.15, 0.2) is 0 Å². The maximum Gasteiger partial charge on any atom is 0.338 e. The van der Waals surface area contributed by atoms with E-state index in [-0.39, 0.29) is 5.97 Å². The first-order valence-corrected chi connectivity index (χ1v) is 7.67. The summed E-state index contributed by atoms with van der Waals surface area (Å²) < 4.78 is 5.27. The number of ether oxygens (including phenoxy) is 1. The molecule has 0 heterocycles. The zero-order valence-electron chi connectivity index (χ0n) is 12.8. The highest BCUT2D eigenvalue weighted by Crippen LogP contribution is 2.13. The number of carbonyl (C=O) groups excluding carboxylic acids is 1. The smallest absolute Gasteiger partial charge is 0.338 e. The van der Waals surface area contributed by atoms with Crippen molar-refractivity contribution in [3.8, 4) is 0 Å². The second-order valence-corrected chi connectivity index (χ2v) is 5.39. The van der Waals surface area contributed by atoms with Crippen LogP contribution in [0.25, 0.3) is 0 Å². The molecular formula is C17H27NO2. The predicted molar refractivity (Wildman–Crippen MR) is 83.9 cm³/mol. The second-order valence-electron chi connectivity index (χ2n) is 5.39. The zero-order chi connectivity index (χ0) is 14.8. The predicted octanol–water partition coefficient (Wildman–Crippen LogP) is 4.48. The molecule has 0 radical (unpaired) electrons. The summed E-state index contributed by atoms with van der Waals surface area (Å²) >= 11 is 0. The molecule has 0 saturated heterocycles. The van der Waals surface area contributed by atoms with Gasteiger partial charge in [0.25, 0.3) is 0 Å². The summed E-state index contributed by atoms with van der Waals surface area (Å²) in [5, 5.41) is 0. The van der Waals surface area contributed by atoms with E-state index >= 15 is 0 Å². The van der Waals surface area contributed by atoms with Gasteiger partial charge in [0.2, 0.25) is 0 Å².